The molecule has 0 bridgehead atoms. The van der Waals surface area contributed by atoms with Crippen molar-refractivity contribution in [1.29, 1.82) is 0 Å². The fourth-order valence-electron chi connectivity index (χ4n) is 3.51. The second-order valence-corrected chi connectivity index (χ2v) is 7.06. The highest BCUT2D eigenvalue weighted by molar-refractivity contribution is 6.30. The monoisotopic (exact) mass is 412 g/mol. The first-order valence-electron chi connectivity index (χ1n) is 8.85. The Morgan fingerprint density at radius 1 is 1.00 bits per heavy atom. The van der Waals surface area contributed by atoms with Crippen LogP contribution in [0.2, 0.25) is 5.02 Å². The fraction of sp³-hybridized carbons (Fsp3) is 0.0909. The number of rotatable bonds is 2. The summed E-state index contributed by atoms with van der Waals surface area (Å²) in [6.45, 7) is -0.377. The Morgan fingerprint density at radius 3 is 2.38 bits per heavy atom. The predicted molar refractivity (Wildman–Crippen MR) is 106 cm³/mol. The molecule has 29 heavy (non-hydrogen) atoms. The third kappa shape index (κ3) is 3.59. The summed E-state index contributed by atoms with van der Waals surface area (Å²) in [7, 11) is 0. The van der Waals surface area contributed by atoms with Crippen molar-refractivity contribution in [2.75, 3.05) is 11.9 Å². The lowest BCUT2D eigenvalue weighted by atomic mass is 9.95. The molecule has 0 radical (unpaired) electrons. The number of hydrogen-bond donors (Lipinski definition) is 1. The second kappa shape index (κ2) is 7.64. The van der Waals surface area contributed by atoms with Gasteiger partial charge in [-0.1, -0.05) is 48.0 Å². The molecule has 0 aromatic heterocycles. The lowest BCUT2D eigenvalue weighted by Gasteiger charge is -2.31. The van der Waals surface area contributed by atoms with E-state index in [0.717, 1.165) is 17.0 Å². The van der Waals surface area contributed by atoms with Gasteiger partial charge in [0.2, 0.25) is 5.91 Å². The van der Waals surface area contributed by atoms with Crippen molar-refractivity contribution in [2.45, 2.75) is 6.04 Å². The molecule has 0 saturated carbocycles. The smallest absolute Gasteiger partial charge is 0.261 e. The van der Waals surface area contributed by atoms with Gasteiger partial charge in [0.15, 0.2) is 0 Å². The minimum Gasteiger partial charge on any atom is -0.324 e. The van der Waals surface area contributed by atoms with Crippen LogP contribution >= 0.6 is 11.6 Å². The zero-order chi connectivity index (χ0) is 20.5. The average Bonchev–Trinajstić information content (AvgIpc) is 2.84. The summed E-state index contributed by atoms with van der Waals surface area (Å²) >= 11 is 6.18. The van der Waals surface area contributed by atoms with Gasteiger partial charge in [-0.15, -0.1) is 0 Å². The van der Waals surface area contributed by atoms with Crippen molar-refractivity contribution in [3.63, 3.8) is 0 Å². The first-order chi connectivity index (χ1) is 14.0. The van der Waals surface area contributed by atoms with Crippen LogP contribution in [0.25, 0.3) is 0 Å². The zero-order valence-electron chi connectivity index (χ0n) is 15.0. The molecule has 0 aliphatic carbocycles. The maximum atomic E-state index is 14.3. The zero-order valence-corrected chi connectivity index (χ0v) is 15.8. The van der Waals surface area contributed by atoms with E-state index in [2.05, 4.69) is 5.32 Å². The first-order valence-corrected chi connectivity index (χ1v) is 9.22. The molecule has 3 aromatic carbocycles. The quantitative estimate of drug-likeness (QED) is 0.657. The Bertz CT molecular complexity index is 1080. The van der Waals surface area contributed by atoms with E-state index in [4.69, 9.17) is 11.6 Å². The van der Waals surface area contributed by atoms with Crippen LogP contribution in [0.5, 0.6) is 0 Å². The number of benzene rings is 3. The first kappa shape index (κ1) is 19.1. The van der Waals surface area contributed by atoms with E-state index in [-0.39, 0.29) is 6.54 Å². The molecule has 1 unspecified atom stereocenters. The van der Waals surface area contributed by atoms with E-state index in [1.807, 2.05) is 6.07 Å². The van der Waals surface area contributed by atoms with Crippen molar-refractivity contribution in [1.82, 2.24) is 4.90 Å². The lowest BCUT2D eigenvalue weighted by Crippen LogP contribution is -2.39. The van der Waals surface area contributed by atoms with E-state index in [9.17, 15) is 18.4 Å². The van der Waals surface area contributed by atoms with Gasteiger partial charge in [0, 0.05) is 16.3 Å². The van der Waals surface area contributed by atoms with Crippen molar-refractivity contribution in [3.05, 3.63) is 100 Å². The Morgan fingerprint density at radius 2 is 1.69 bits per heavy atom. The molecule has 3 aromatic rings. The number of hydrogen-bond acceptors (Lipinski definition) is 2. The highest BCUT2D eigenvalue weighted by Gasteiger charge is 2.36. The largest absolute Gasteiger partial charge is 0.324 e. The molecule has 4 rings (SSSR count). The Hall–Kier alpha value is -3.25. The summed E-state index contributed by atoms with van der Waals surface area (Å²) in [5.74, 6) is -3.37. The molecule has 1 aliphatic rings. The number of anilines is 1. The highest BCUT2D eigenvalue weighted by atomic mass is 35.5. The fourth-order valence-corrected chi connectivity index (χ4v) is 3.69. The molecule has 1 atom stereocenters. The second-order valence-electron chi connectivity index (χ2n) is 6.62. The van der Waals surface area contributed by atoms with Crippen molar-refractivity contribution in [3.8, 4) is 0 Å². The highest BCUT2D eigenvalue weighted by Crippen LogP contribution is 2.38. The predicted octanol–water partition coefficient (Wildman–Crippen LogP) is 4.80. The van der Waals surface area contributed by atoms with Gasteiger partial charge in [-0.05, 0) is 35.9 Å². The summed E-state index contributed by atoms with van der Waals surface area (Å²) in [6, 6.07) is 16.3. The Labute approximate surface area is 170 Å². The van der Waals surface area contributed by atoms with Crippen LogP contribution in [0.4, 0.5) is 14.5 Å². The van der Waals surface area contributed by atoms with Gasteiger partial charge in [0.1, 0.15) is 23.7 Å². The number of fused-ring (bicyclic) bond motifs is 1. The number of carbonyl (C=O) groups excluding carboxylic acids is 2. The third-order valence-electron chi connectivity index (χ3n) is 4.76. The van der Waals surface area contributed by atoms with Crippen LogP contribution in [0, 0.1) is 11.6 Å². The molecule has 146 valence electrons. The molecular formula is C22H15ClF2N2O2. The average molecular weight is 413 g/mol. The van der Waals surface area contributed by atoms with Crippen molar-refractivity contribution in [2.24, 2.45) is 0 Å². The van der Waals surface area contributed by atoms with Gasteiger partial charge in [0.25, 0.3) is 5.91 Å². The number of nitrogens with one attached hydrogen (secondary N) is 1. The van der Waals surface area contributed by atoms with Crippen LogP contribution in [-0.4, -0.2) is 23.3 Å². The van der Waals surface area contributed by atoms with Crippen LogP contribution in [0.3, 0.4) is 0 Å². The molecule has 1 heterocycles. The molecule has 1 N–H and O–H groups in total. The third-order valence-corrected chi connectivity index (χ3v) is 5.00. The lowest BCUT2D eigenvalue weighted by molar-refractivity contribution is -0.117. The Kier molecular flexibility index (Phi) is 5.03. The van der Waals surface area contributed by atoms with Gasteiger partial charge >= 0.3 is 0 Å². The summed E-state index contributed by atoms with van der Waals surface area (Å²) in [4.78, 5) is 26.9. The summed E-state index contributed by atoms with van der Waals surface area (Å²) in [6.07, 6.45) is 0. The maximum absolute atomic E-state index is 14.3. The molecule has 0 fully saturated rings. The minimum absolute atomic E-state index is 0.377. The molecule has 0 spiro atoms. The Balaban J connectivity index is 1.93. The summed E-state index contributed by atoms with van der Waals surface area (Å²) in [5.41, 5.74) is 1.02. The van der Waals surface area contributed by atoms with Gasteiger partial charge in [0.05, 0.1) is 6.04 Å². The molecule has 0 saturated heterocycles. The summed E-state index contributed by atoms with van der Waals surface area (Å²) < 4.78 is 28.7. The van der Waals surface area contributed by atoms with E-state index in [1.54, 1.807) is 42.5 Å². The van der Waals surface area contributed by atoms with Crippen molar-refractivity contribution < 1.29 is 18.4 Å². The summed E-state index contributed by atoms with van der Waals surface area (Å²) in [5, 5.41) is 3.14. The number of nitrogens with zero attached hydrogens (tertiary/aromatic N) is 1. The number of halogens is 3. The standard InChI is InChI=1S/C22H15ClF2N2O2/c23-14-9-10-18-15(11-14)21(13-5-2-1-3-6-13)27(12-19(28)26-18)22(29)20-16(24)7-4-8-17(20)25/h1-11,21H,12H2,(H,26,28). The van der Waals surface area contributed by atoms with Gasteiger partial charge in [-0.2, -0.15) is 0 Å². The number of amides is 2. The normalized spacial score (nSPS) is 16.0. The van der Waals surface area contributed by atoms with E-state index >= 15 is 0 Å². The van der Waals surface area contributed by atoms with Crippen LogP contribution in [0.1, 0.15) is 27.5 Å². The van der Waals surface area contributed by atoms with Crippen molar-refractivity contribution >= 4 is 29.1 Å². The molecule has 7 heteroatoms. The topological polar surface area (TPSA) is 49.4 Å². The molecular weight excluding hydrogens is 398 g/mol. The number of carbonyl (C=O) groups is 2. The van der Waals surface area contributed by atoms with Crippen LogP contribution in [0.15, 0.2) is 66.7 Å². The maximum Gasteiger partial charge on any atom is 0.261 e. The SMILES string of the molecule is O=C1CN(C(=O)c2c(F)cccc2F)C(c2ccccc2)c2cc(Cl)ccc2N1. The van der Waals surface area contributed by atoms with E-state index < -0.39 is 35.1 Å². The van der Waals surface area contributed by atoms with Crippen LogP contribution < -0.4 is 5.32 Å². The van der Waals surface area contributed by atoms with E-state index in [1.165, 1.54) is 6.07 Å². The molecule has 2 amide bonds. The molecule has 4 nitrogen and oxygen atoms in total. The van der Waals surface area contributed by atoms with Gasteiger partial charge < -0.3 is 10.2 Å². The molecule has 1 aliphatic heterocycles. The minimum atomic E-state index is -0.988. The van der Waals surface area contributed by atoms with E-state index in [0.29, 0.717) is 21.8 Å². The van der Waals surface area contributed by atoms with Gasteiger partial charge in [-0.3, -0.25) is 9.59 Å². The van der Waals surface area contributed by atoms with Gasteiger partial charge in [-0.25, -0.2) is 8.78 Å². The van der Waals surface area contributed by atoms with Crippen LogP contribution in [-0.2, 0) is 4.79 Å².